The highest BCUT2D eigenvalue weighted by molar-refractivity contribution is 5.22. The second kappa shape index (κ2) is 8.09. The fraction of sp³-hybridized carbons (Fsp3) is 0.609. The second-order valence-electron chi connectivity index (χ2n) is 9.10. The molecule has 5 heterocycles. The number of fused-ring (bicyclic) bond motifs is 4. The summed E-state index contributed by atoms with van der Waals surface area (Å²) in [7, 11) is 2.05. The zero-order chi connectivity index (χ0) is 19.8. The largest absolute Gasteiger partial charge is 0.472 e. The van der Waals surface area contributed by atoms with E-state index < -0.39 is 0 Å². The van der Waals surface area contributed by atoms with Crippen molar-refractivity contribution in [3.8, 4) is 0 Å². The lowest BCUT2D eigenvalue weighted by Crippen LogP contribution is -2.52. The molecule has 0 aliphatic carbocycles. The SMILES string of the molecule is CN(Cc1ccoc1)Cc1ccc2n(c1=O)C[C@H]1C[C@@H]2CN(C2CCOCC2)C1. The first-order chi connectivity index (χ1) is 14.2. The predicted molar refractivity (Wildman–Crippen MR) is 111 cm³/mol. The van der Waals surface area contributed by atoms with Crippen molar-refractivity contribution in [1.82, 2.24) is 14.4 Å². The Morgan fingerprint density at radius 3 is 2.76 bits per heavy atom. The van der Waals surface area contributed by atoms with Crippen LogP contribution >= 0.6 is 0 Å². The Labute approximate surface area is 172 Å². The van der Waals surface area contributed by atoms with Gasteiger partial charge in [-0.25, -0.2) is 0 Å². The molecule has 29 heavy (non-hydrogen) atoms. The topological polar surface area (TPSA) is 50.9 Å². The minimum atomic E-state index is 0.204. The lowest BCUT2D eigenvalue weighted by atomic mass is 9.82. The van der Waals surface area contributed by atoms with Gasteiger partial charge in [-0.3, -0.25) is 14.6 Å². The molecule has 0 unspecified atom stereocenters. The van der Waals surface area contributed by atoms with Gasteiger partial charge in [-0.15, -0.1) is 0 Å². The maximum Gasteiger partial charge on any atom is 0.255 e. The van der Waals surface area contributed by atoms with Gasteiger partial charge in [0, 0.05) is 74.7 Å². The summed E-state index contributed by atoms with van der Waals surface area (Å²) in [6, 6.07) is 6.91. The summed E-state index contributed by atoms with van der Waals surface area (Å²) in [4.78, 5) is 18.1. The number of hydrogen-bond acceptors (Lipinski definition) is 5. The molecule has 0 saturated carbocycles. The second-order valence-corrected chi connectivity index (χ2v) is 9.10. The van der Waals surface area contributed by atoms with E-state index in [9.17, 15) is 4.79 Å². The molecule has 0 N–H and O–H groups in total. The molecule has 0 spiro atoms. The van der Waals surface area contributed by atoms with Gasteiger partial charge in [-0.05, 0) is 44.4 Å². The Morgan fingerprint density at radius 1 is 1.10 bits per heavy atom. The van der Waals surface area contributed by atoms with Crippen molar-refractivity contribution in [2.75, 3.05) is 33.4 Å². The van der Waals surface area contributed by atoms with Gasteiger partial charge in [0.1, 0.15) is 0 Å². The lowest BCUT2D eigenvalue weighted by Gasteiger charge is -2.46. The minimum Gasteiger partial charge on any atom is -0.472 e. The van der Waals surface area contributed by atoms with E-state index in [1.165, 1.54) is 12.1 Å². The maximum absolute atomic E-state index is 13.3. The third-order valence-corrected chi connectivity index (χ3v) is 6.89. The van der Waals surface area contributed by atoms with Crippen LogP contribution in [-0.2, 0) is 24.4 Å². The summed E-state index contributed by atoms with van der Waals surface area (Å²) in [5.74, 6) is 1.07. The van der Waals surface area contributed by atoms with Crippen molar-refractivity contribution in [3.05, 3.63) is 57.9 Å². The average molecular weight is 398 g/mol. The Hall–Kier alpha value is -1.89. The van der Waals surface area contributed by atoms with Crippen LogP contribution in [0.4, 0.5) is 0 Å². The number of hydrogen-bond donors (Lipinski definition) is 0. The summed E-state index contributed by atoms with van der Waals surface area (Å²) in [6.07, 6.45) is 6.97. The third-order valence-electron chi connectivity index (χ3n) is 6.89. The first-order valence-electron chi connectivity index (χ1n) is 10.9. The summed E-state index contributed by atoms with van der Waals surface area (Å²) in [5, 5.41) is 0. The van der Waals surface area contributed by atoms with Crippen LogP contribution in [0.3, 0.4) is 0 Å². The van der Waals surface area contributed by atoms with Crippen LogP contribution in [0, 0.1) is 5.92 Å². The lowest BCUT2D eigenvalue weighted by molar-refractivity contribution is 0.00582. The van der Waals surface area contributed by atoms with E-state index >= 15 is 0 Å². The maximum atomic E-state index is 13.3. The summed E-state index contributed by atoms with van der Waals surface area (Å²) in [5.41, 5.74) is 3.47. The molecular formula is C23H31N3O3. The number of rotatable bonds is 5. The van der Waals surface area contributed by atoms with Crippen LogP contribution < -0.4 is 5.56 Å². The van der Waals surface area contributed by atoms with Crippen LogP contribution in [0.1, 0.15) is 42.0 Å². The van der Waals surface area contributed by atoms with Gasteiger partial charge in [0.25, 0.3) is 5.56 Å². The van der Waals surface area contributed by atoms with E-state index in [1.807, 2.05) is 6.07 Å². The minimum absolute atomic E-state index is 0.204. The summed E-state index contributed by atoms with van der Waals surface area (Å²) in [6.45, 7) is 6.29. The monoisotopic (exact) mass is 397 g/mol. The first-order valence-corrected chi connectivity index (χ1v) is 10.9. The predicted octanol–water partition coefficient (Wildman–Crippen LogP) is 2.67. The van der Waals surface area contributed by atoms with E-state index in [0.29, 0.717) is 24.4 Å². The molecule has 5 rings (SSSR count). The molecule has 0 radical (unpaired) electrons. The molecule has 2 saturated heterocycles. The van der Waals surface area contributed by atoms with E-state index in [1.54, 1.807) is 12.5 Å². The van der Waals surface area contributed by atoms with Crippen LogP contribution in [0.5, 0.6) is 0 Å². The molecule has 3 aliphatic heterocycles. The quantitative estimate of drug-likeness (QED) is 0.776. The van der Waals surface area contributed by atoms with Crippen molar-refractivity contribution in [3.63, 3.8) is 0 Å². The highest BCUT2D eigenvalue weighted by Crippen LogP contribution is 2.37. The third kappa shape index (κ3) is 3.93. The van der Waals surface area contributed by atoms with Crippen molar-refractivity contribution in [2.45, 2.75) is 50.9 Å². The Bertz CT molecular complexity index is 885. The Balaban J connectivity index is 1.32. The fourth-order valence-corrected chi connectivity index (χ4v) is 5.54. The summed E-state index contributed by atoms with van der Waals surface area (Å²) >= 11 is 0. The Kier molecular flexibility index (Phi) is 5.33. The Morgan fingerprint density at radius 2 is 1.97 bits per heavy atom. The molecule has 2 fully saturated rings. The molecule has 2 aromatic heterocycles. The van der Waals surface area contributed by atoms with E-state index in [4.69, 9.17) is 9.15 Å². The zero-order valence-electron chi connectivity index (χ0n) is 17.3. The van der Waals surface area contributed by atoms with Crippen LogP contribution in [-0.4, -0.2) is 53.8 Å². The van der Waals surface area contributed by atoms with Gasteiger partial charge in [-0.1, -0.05) is 6.07 Å². The van der Waals surface area contributed by atoms with Crippen molar-refractivity contribution < 1.29 is 9.15 Å². The van der Waals surface area contributed by atoms with Crippen LogP contribution in [0.2, 0.25) is 0 Å². The highest BCUT2D eigenvalue weighted by atomic mass is 16.5. The fourth-order valence-electron chi connectivity index (χ4n) is 5.54. The van der Waals surface area contributed by atoms with Crippen molar-refractivity contribution >= 4 is 0 Å². The van der Waals surface area contributed by atoms with E-state index in [2.05, 4.69) is 33.5 Å². The molecule has 2 atom stereocenters. The summed E-state index contributed by atoms with van der Waals surface area (Å²) < 4.78 is 12.8. The number of ether oxygens (including phenoxy) is 1. The van der Waals surface area contributed by atoms with Gasteiger partial charge in [-0.2, -0.15) is 0 Å². The molecule has 0 amide bonds. The van der Waals surface area contributed by atoms with Gasteiger partial charge in [0.2, 0.25) is 0 Å². The molecule has 3 aliphatic rings. The molecule has 156 valence electrons. The molecule has 2 aromatic rings. The molecule has 2 bridgehead atoms. The van der Waals surface area contributed by atoms with Gasteiger partial charge in [0.15, 0.2) is 0 Å². The molecular weight excluding hydrogens is 366 g/mol. The number of pyridine rings is 1. The number of aromatic nitrogens is 1. The van der Waals surface area contributed by atoms with E-state index in [-0.39, 0.29) is 5.56 Å². The average Bonchev–Trinajstić information content (AvgIpc) is 3.24. The standard InChI is InChI=1S/C23H31N3O3/c1-24(11-17-4-7-29-16-17)14-19-2-3-22-20-10-18(13-26(22)23(19)27)12-25(15-20)21-5-8-28-9-6-21/h2-4,7,16,18,20-21H,5-6,8-15H2,1H3/t18-,20+/m0/s1. The molecule has 0 aromatic carbocycles. The van der Waals surface area contributed by atoms with Gasteiger partial charge in [0.05, 0.1) is 12.5 Å². The number of likely N-dealkylation sites (tertiary alicyclic amines) is 1. The normalized spacial score (nSPS) is 25.3. The zero-order valence-corrected chi connectivity index (χ0v) is 17.3. The number of furan rings is 1. The van der Waals surface area contributed by atoms with Gasteiger partial charge >= 0.3 is 0 Å². The first kappa shape index (κ1) is 19.1. The van der Waals surface area contributed by atoms with Gasteiger partial charge < -0.3 is 13.7 Å². The number of nitrogens with zero attached hydrogens (tertiary/aromatic N) is 3. The smallest absolute Gasteiger partial charge is 0.255 e. The highest BCUT2D eigenvalue weighted by Gasteiger charge is 2.37. The van der Waals surface area contributed by atoms with E-state index in [0.717, 1.165) is 63.4 Å². The number of piperidine rings is 1. The molecule has 6 heteroatoms. The van der Waals surface area contributed by atoms with Crippen LogP contribution in [0.15, 0.2) is 39.9 Å². The van der Waals surface area contributed by atoms with Crippen molar-refractivity contribution in [1.29, 1.82) is 0 Å². The van der Waals surface area contributed by atoms with Crippen molar-refractivity contribution in [2.24, 2.45) is 5.92 Å². The molecule has 6 nitrogen and oxygen atoms in total. The van der Waals surface area contributed by atoms with Crippen LogP contribution in [0.25, 0.3) is 0 Å².